The van der Waals surface area contributed by atoms with Crippen LogP contribution in [0.5, 0.6) is 5.88 Å². The number of carbonyl (C=O) groups excluding carboxylic acids is 1. The van der Waals surface area contributed by atoms with Crippen molar-refractivity contribution in [3.63, 3.8) is 0 Å². The van der Waals surface area contributed by atoms with Gasteiger partial charge in [-0.15, -0.1) is 0 Å². The molecular weight excluding hydrogens is 314 g/mol. The molecular formula is C20H25N3O2. The van der Waals surface area contributed by atoms with Crippen LogP contribution in [0.3, 0.4) is 0 Å². The van der Waals surface area contributed by atoms with Crippen molar-refractivity contribution in [1.29, 1.82) is 0 Å². The summed E-state index contributed by atoms with van der Waals surface area (Å²) in [5.74, 6) is 0.722. The molecule has 3 aliphatic rings. The third-order valence-corrected chi connectivity index (χ3v) is 5.47. The summed E-state index contributed by atoms with van der Waals surface area (Å²) in [5, 5.41) is 0. The number of likely N-dealkylation sites (tertiary alicyclic amines) is 1. The minimum atomic E-state index is 0.0422. The van der Waals surface area contributed by atoms with Crippen LogP contribution in [-0.4, -0.2) is 53.2 Å². The lowest BCUT2D eigenvalue weighted by atomic mass is 10.0. The summed E-state index contributed by atoms with van der Waals surface area (Å²) in [5.41, 5.74) is 1.73. The molecule has 0 atom stereocenters. The molecule has 0 bridgehead atoms. The normalized spacial score (nSPS) is 23.0. The van der Waals surface area contributed by atoms with E-state index in [0.717, 1.165) is 43.2 Å². The predicted octanol–water partition coefficient (Wildman–Crippen LogP) is 2.80. The number of hydrogen-bond acceptors (Lipinski definition) is 5. The lowest BCUT2D eigenvalue weighted by molar-refractivity contribution is -0.113. The van der Waals surface area contributed by atoms with E-state index in [-0.39, 0.29) is 18.4 Å². The van der Waals surface area contributed by atoms with Gasteiger partial charge in [-0.3, -0.25) is 9.79 Å². The average Bonchev–Trinajstić information content (AvgIpc) is 3.19. The number of ketones is 1. The molecule has 5 nitrogen and oxygen atoms in total. The Bertz CT molecular complexity index is 667. The Hall–Kier alpha value is -2.01. The van der Waals surface area contributed by atoms with E-state index in [2.05, 4.69) is 14.9 Å². The van der Waals surface area contributed by atoms with E-state index in [1.54, 1.807) is 18.3 Å². The molecule has 0 aromatic carbocycles. The third-order valence-electron chi connectivity index (χ3n) is 5.47. The molecule has 1 saturated carbocycles. The second-order valence-electron chi connectivity index (χ2n) is 7.18. The molecule has 1 aromatic heterocycles. The van der Waals surface area contributed by atoms with Crippen LogP contribution in [0.1, 0.15) is 44.1 Å². The molecule has 2 aliphatic heterocycles. The van der Waals surface area contributed by atoms with Gasteiger partial charge in [0, 0.05) is 37.0 Å². The number of ether oxygens (including phenoxy) is 1. The highest BCUT2D eigenvalue weighted by atomic mass is 16.5. The monoisotopic (exact) mass is 339 g/mol. The Morgan fingerprint density at radius 2 is 1.84 bits per heavy atom. The molecule has 2 fully saturated rings. The van der Waals surface area contributed by atoms with Crippen molar-refractivity contribution in [3.8, 4) is 5.88 Å². The van der Waals surface area contributed by atoms with Gasteiger partial charge in [0.25, 0.3) is 0 Å². The first-order valence-electron chi connectivity index (χ1n) is 9.40. The van der Waals surface area contributed by atoms with Crippen LogP contribution in [0.25, 0.3) is 0 Å². The van der Waals surface area contributed by atoms with Gasteiger partial charge >= 0.3 is 0 Å². The van der Waals surface area contributed by atoms with Gasteiger partial charge < -0.3 is 9.64 Å². The zero-order chi connectivity index (χ0) is 17.1. The van der Waals surface area contributed by atoms with Crippen molar-refractivity contribution in [1.82, 2.24) is 9.88 Å². The maximum Gasteiger partial charge on any atom is 0.213 e. The van der Waals surface area contributed by atoms with Crippen LogP contribution < -0.4 is 4.74 Å². The summed E-state index contributed by atoms with van der Waals surface area (Å²) in [6, 6.07) is 4.69. The molecule has 0 N–H and O–H groups in total. The van der Waals surface area contributed by atoms with E-state index in [9.17, 15) is 4.79 Å². The molecule has 25 heavy (non-hydrogen) atoms. The van der Waals surface area contributed by atoms with Crippen LogP contribution in [0.4, 0.5) is 0 Å². The number of hydrogen-bond donors (Lipinski definition) is 0. The summed E-state index contributed by atoms with van der Waals surface area (Å²) in [4.78, 5) is 22.5. The Morgan fingerprint density at radius 3 is 2.48 bits per heavy atom. The summed E-state index contributed by atoms with van der Waals surface area (Å²) in [6.07, 6.45) is 13.1. The van der Waals surface area contributed by atoms with Crippen molar-refractivity contribution in [2.24, 2.45) is 4.99 Å². The fraction of sp³-hybridized carbons (Fsp3) is 0.550. The largest absolute Gasteiger partial charge is 0.474 e. The number of carbonyl (C=O) groups is 1. The minimum absolute atomic E-state index is 0.0422. The number of nitrogens with zero attached hydrogens (tertiary/aromatic N) is 3. The van der Waals surface area contributed by atoms with Gasteiger partial charge in [0.05, 0.1) is 5.71 Å². The highest BCUT2D eigenvalue weighted by Gasteiger charge is 2.27. The van der Waals surface area contributed by atoms with Crippen LogP contribution in [0, 0.1) is 0 Å². The van der Waals surface area contributed by atoms with Crippen LogP contribution >= 0.6 is 0 Å². The molecule has 1 aliphatic carbocycles. The Kier molecular flexibility index (Phi) is 4.92. The minimum Gasteiger partial charge on any atom is -0.474 e. The van der Waals surface area contributed by atoms with Gasteiger partial charge in [-0.05, 0) is 43.9 Å². The Balaban J connectivity index is 1.30. The van der Waals surface area contributed by atoms with Crippen LogP contribution in [0.15, 0.2) is 35.5 Å². The zero-order valence-corrected chi connectivity index (χ0v) is 14.6. The second kappa shape index (κ2) is 7.48. The molecule has 5 heteroatoms. The molecule has 0 unspecified atom stereocenters. The first-order valence-corrected chi connectivity index (χ1v) is 9.40. The molecule has 0 amide bonds. The van der Waals surface area contributed by atoms with E-state index < -0.39 is 0 Å². The first-order chi connectivity index (χ1) is 12.3. The SMILES string of the molecule is O=C1C=CC(c2ccc(OC3CCN(C4CCCC4)CC3)nc2)=NC1. The lowest BCUT2D eigenvalue weighted by Gasteiger charge is -2.35. The smallest absolute Gasteiger partial charge is 0.213 e. The van der Waals surface area contributed by atoms with E-state index in [4.69, 9.17) is 4.74 Å². The number of pyridine rings is 1. The quantitative estimate of drug-likeness (QED) is 0.846. The highest BCUT2D eigenvalue weighted by molar-refractivity contribution is 6.14. The van der Waals surface area contributed by atoms with Crippen molar-refractivity contribution in [2.75, 3.05) is 19.6 Å². The standard InChI is InChI=1S/C20H25N3O2/c24-17-6-7-19(21-14-17)15-5-8-20(22-13-15)25-18-9-11-23(12-10-18)16-3-1-2-4-16/h5-8,13,16,18H,1-4,9-12,14H2. The molecule has 0 spiro atoms. The van der Waals surface area contributed by atoms with Crippen LogP contribution in [-0.2, 0) is 4.79 Å². The van der Waals surface area contributed by atoms with Gasteiger partial charge in [0.1, 0.15) is 12.6 Å². The summed E-state index contributed by atoms with van der Waals surface area (Å²) in [7, 11) is 0. The molecule has 0 radical (unpaired) electrons. The fourth-order valence-corrected chi connectivity index (χ4v) is 4.03. The maximum atomic E-state index is 11.2. The zero-order valence-electron chi connectivity index (χ0n) is 14.6. The van der Waals surface area contributed by atoms with E-state index in [1.165, 1.54) is 25.7 Å². The summed E-state index contributed by atoms with van der Waals surface area (Å²) < 4.78 is 6.08. The van der Waals surface area contributed by atoms with E-state index in [1.807, 2.05) is 12.1 Å². The second-order valence-corrected chi connectivity index (χ2v) is 7.18. The van der Waals surface area contributed by atoms with Crippen molar-refractivity contribution < 1.29 is 9.53 Å². The van der Waals surface area contributed by atoms with Gasteiger partial charge in [-0.25, -0.2) is 4.98 Å². The number of aliphatic imine (C=N–C) groups is 1. The predicted molar refractivity (Wildman–Crippen MR) is 97.3 cm³/mol. The third kappa shape index (κ3) is 3.98. The molecule has 3 heterocycles. The number of allylic oxidation sites excluding steroid dienone is 1. The molecule has 1 saturated heterocycles. The average molecular weight is 339 g/mol. The first kappa shape index (κ1) is 16.5. The number of dihydropyridines is 1. The Labute approximate surface area is 148 Å². The van der Waals surface area contributed by atoms with Crippen molar-refractivity contribution in [2.45, 2.75) is 50.7 Å². The highest BCUT2D eigenvalue weighted by Crippen LogP contribution is 2.27. The summed E-state index contributed by atoms with van der Waals surface area (Å²) in [6.45, 7) is 2.51. The number of piperidine rings is 1. The van der Waals surface area contributed by atoms with Crippen LogP contribution in [0.2, 0.25) is 0 Å². The lowest BCUT2D eigenvalue weighted by Crippen LogP contribution is -2.43. The van der Waals surface area contributed by atoms with E-state index in [0.29, 0.717) is 5.88 Å². The molecule has 132 valence electrons. The van der Waals surface area contributed by atoms with Crippen molar-refractivity contribution in [3.05, 3.63) is 36.0 Å². The fourth-order valence-electron chi connectivity index (χ4n) is 4.03. The maximum absolute atomic E-state index is 11.2. The van der Waals surface area contributed by atoms with E-state index >= 15 is 0 Å². The van der Waals surface area contributed by atoms with Gasteiger partial charge in [0.15, 0.2) is 5.78 Å². The van der Waals surface area contributed by atoms with Gasteiger partial charge in [0.2, 0.25) is 5.88 Å². The topological polar surface area (TPSA) is 54.8 Å². The van der Waals surface area contributed by atoms with Gasteiger partial charge in [-0.1, -0.05) is 12.8 Å². The van der Waals surface area contributed by atoms with Crippen molar-refractivity contribution >= 4 is 11.5 Å². The number of aromatic nitrogens is 1. The molecule has 4 rings (SSSR count). The number of rotatable bonds is 4. The Morgan fingerprint density at radius 1 is 1.04 bits per heavy atom. The molecule has 1 aromatic rings. The summed E-state index contributed by atoms with van der Waals surface area (Å²) >= 11 is 0. The van der Waals surface area contributed by atoms with Gasteiger partial charge in [-0.2, -0.15) is 0 Å².